The molecule has 4 heteroatoms. The summed E-state index contributed by atoms with van der Waals surface area (Å²) in [4.78, 5) is 0. The molecule has 0 aliphatic heterocycles. The van der Waals surface area contributed by atoms with Crippen LogP contribution in [0.25, 0.3) is 0 Å². The normalized spacial score (nSPS) is 9.94. The molecule has 0 saturated carbocycles. The number of H-pyrrole nitrogens is 1. The molecule has 80 valence electrons. The van der Waals surface area contributed by atoms with E-state index in [9.17, 15) is 0 Å². The summed E-state index contributed by atoms with van der Waals surface area (Å²) in [6, 6.07) is 9.78. The van der Waals surface area contributed by atoms with Crippen LogP contribution in [0.3, 0.4) is 0 Å². The second-order valence-corrected chi connectivity index (χ2v) is 3.48. The molecular weight excluding hydrogens is 200 g/mol. The zero-order valence-corrected chi connectivity index (χ0v) is 8.77. The zero-order valence-electron chi connectivity index (χ0n) is 8.77. The van der Waals surface area contributed by atoms with Crippen molar-refractivity contribution in [2.24, 2.45) is 0 Å². The fourth-order valence-corrected chi connectivity index (χ4v) is 1.50. The number of hydrogen-bond acceptors (Lipinski definition) is 3. The van der Waals surface area contributed by atoms with E-state index in [1.807, 2.05) is 30.5 Å². The maximum Gasteiger partial charge on any atom is 0.0995 e. The van der Waals surface area contributed by atoms with E-state index < -0.39 is 0 Å². The molecule has 0 saturated heterocycles. The van der Waals surface area contributed by atoms with E-state index in [1.165, 1.54) is 0 Å². The minimum atomic E-state index is 0.689. The van der Waals surface area contributed by atoms with Gasteiger partial charge in [-0.25, -0.2) is 0 Å². The van der Waals surface area contributed by atoms with Gasteiger partial charge in [0, 0.05) is 24.8 Å². The topological polar surface area (TPSA) is 64.5 Å². The molecular formula is C12H12N4. The summed E-state index contributed by atoms with van der Waals surface area (Å²) in [5.41, 5.74) is 2.85. The van der Waals surface area contributed by atoms with Gasteiger partial charge in [-0.2, -0.15) is 10.4 Å². The highest BCUT2D eigenvalue weighted by atomic mass is 15.1. The van der Waals surface area contributed by atoms with Crippen molar-refractivity contribution >= 4 is 0 Å². The molecule has 0 radical (unpaired) electrons. The molecule has 0 fully saturated rings. The minimum absolute atomic E-state index is 0.689. The van der Waals surface area contributed by atoms with Crippen molar-refractivity contribution < 1.29 is 0 Å². The Labute approximate surface area is 93.9 Å². The molecule has 1 aromatic heterocycles. The number of nitriles is 1. The molecule has 0 spiro atoms. The highest BCUT2D eigenvalue weighted by Crippen LogP contribution is 2.06. The highest BCUT2D eigenvalue weighted by Gasteiger charge is 2.00. The van der Waals surface area contributed by atoms with Crippen molar-refractivity contribution in [1.29, 1.82) is 5.26 Å². The van der Waals surface area contributed by atoms with Gasteiger partial charge < -0.3 is 5.32 Å². The molecule has 16 heavy (non-hydrogen) atoms. The van der Waals surface area contributed by atoms with Gasteiger partial charge in [0.1, 0.15) is 0 Å². The Morgan fingerprint density at radius 1 is 1.31 bits per heavy atom. The largest absolute Gasteiger partial charge is 0.308 e. The molecule has 0 unspecified atom stereocenters. The predicted octanol–water partition coefficient (Wildman–Crippen LogP) is 1.57. The van der Waals surface area contributed by atoms with Crippen LogP contribution in [0.5, 0.6) is 0 Å². The van der Waals surface area contributed by atoms with E-state index in [0.29, 0.717) is 6.54 Å². The van der Waals surface area contributed by atoms with Gasteiger partial charge in [-0.1, -0.05) is 18.2 Å². The van der Waals surface area contributed by atoms with Gasteiger partial charge in [-0.15, -0.1) is 0 Å². The summed E-state index contributed by atoms with van der Waals surface area (Å²) in [6.45, 7) is 1.44. The quantitative estimate of drug-likeness (QED) is 0.808. The lowest BCUT2D eigenvalue weighted by Crippen LogP contribution is -2.13. The third-order valence-electron chi connectivity index (χ3n) is 2.34. The fourth-order valence-electron chi connectivity index (χ4n) is 1.50. The Morgan fingerprint density at radius 2 is 2.19 bits per heavy atom. The molecule has 2 N–H and O–H groups in total. The molecule has 0 aliphatic carbocycles. The Kier molecular flexibility index (Phi) is 3.31. The zero-order chi connectivity index (χ0) is 11.2. The van der Waals surface area contributed by atoms with Gasteiger partial charge >= 0.3 is 0 Å². The number of aromatic amines is 1. The molecule has 4 nitrogen and oxygen atoms in total. The van der Waals surface area contributed by atoms with Crippen molar-refractivity contribution in [3.05, 3.63) is 53.3 Å². The first-order valence-corrected chi connectivity index (χ1v) is 5.06. The number of aromatic nitrogens is 2. The van der Waals surface area contributed by atoms with E-state index >= 15 is 0 Å². The molecule has 0 bridgehead atoms. The Hall–Kier alpha value is -2.12. The van der Waals surface area contributed by atoms with E-state index in [0.717, 1.165) is 23.2 Å². The monoisotopic (exact) mass is 212 g/mol. The summed E-state index contributed by atoms with van der Waals surface area (Å²) >= 11 is 0. The van der Waals surface area contributed by atoms with Gasteiger partial charge in [0.25, 0.3) is 0 Å². The third kappa shape index (κ3) is 2.47. The van der Waals surface area contributed by atoms with Crippen LogP contribution in [0.2, 0.25) is 0 Å². The van der Waals surface area contributed by atoms with Crippen LogP contribution in [-0.2, 0) is 13.1 Å². The fraction of sp³-hybridized carbons (Fsp3) is 0.167. The van der Waals surface area contributed by atoms with Crippen LogP contribution in [0, 0.1) is 11.3 Å². The lowest BCUT2D eigenvalue weighted by atomic mass is 10.1. The van der Waals surface area contributed by atoms with Crippen LogP contribution in [0.4, 0.5) is 0 Å². The summed E-state index contributed by atoms with van der Waals surface area (Å²) in [7, 11) is 0. The van der Waals surface area contributed by atoms with Crippen molar-refractivity contribution in [3.63, 3.8) is 0 Å². The first-order chi connectivity index (χ1) is 7.90. The SMILES string of the molecule is N#Cc1ccccc1CNCc1cn[nH]c1. The van der Waals surface area contributed by atoms with Gasteiger partial charge in [-0.3, -0.25) is 5.10 Å². The Balaban J connectivity index is 1.93. The van der Waals surface area contributed by atoms with Crippen LogP contribution in [0.15, 0.2) is 36.7 Å². The van der Waals surface area contributed by atoms with Gasteiger partial charge in [-0.05, 0) is 11.6 Å². The average molecular weight is 212 g/mol. The van der Waals surface area contributed by atoms with E-state index in [2.05, 4.69) is 21.6 Å². The molecule has 0 amide bonds. The number of benzene rings is 1. The summed E-state index contributed by atoms with van der Waals surface area (Å²) in [5.74, 6) is 0. The van der Waals surface area contributed by atoms with Gasteiger partial charge in [0.2, 0.25) is 0 Å². The Morgan fingerprint density at radius 3 is 2.94 bits per heavy atom. The van der Waals surface area contributed by atoms with E-state index in [-0.39, 0.29) is 0 Å². The lowest BCUT2D eigenvalue weighted by molar-refractivity contribution is 0.692. The van der Waals surface area contributed by atoms with Crippen molar-refractivity contribution in [2.45, 2.75) is 13.1 Å². The predicted molar refractivity (Wildman–Crippen MR) is 60.3 cm³/mol. The van der Waals surface area contributed by atoms with Crippen molar-refractivity contribution in [1.82, 2.24) is 15.5 Å². The summed E-state index contributed by atoms with van der Waals surface area (Å²) < 4.78 is 0. The first kappa shape index (κ1) is 10.4. The average Bonchev–Trinajstić information content (AvgIpc) is 2.83. The summed E-state index contributed by atoms with van der Waals surface area (Å²) in [5, 5.41) is 18.8. The number of hydrogen-bond donors (Lipinski definition) is 2. The lowest BCUT2D eigenvalue weighted by Gasteiger charge is -2.04. The van der Waals surface area contributed by atoms with Crippen LogP contribution < -0.4 is 5.32 Å². The molecule has 2 aromatic rings. The van der Waals surface area contributed by atoms with Crippen LogP contribution in [0.1, 0.15) is 16.7 Å². The molecule has 1 aromatic carbocycles. The minimum Gasteiger partial charge on any atom is -0.308 e. The maximum atomic E-state index is 8.91. The number of nitrogens with zero attached hydrogens (tertiary/aromatic N) is 2. The first-order valence-electron chi connectivity index (χ1n) is 5.06. The maximum absolute atomic E-state index is 8.91. The van der Waals surface area contributed by atoms with Gasteiger partial charge in [0.05, 0.1) is 17.8 Å². The molecule has 0 aliphatic rings. The molecule has 1 heterocycles. The highest BCUT2D eigenvalue weighted by molar-refractivity contribution is 5.37. The Bertz CT molecular complexity index is 482. The third-order valence-corrected chi connectivity index (χ3v) is 2.34. The summed E-state index contributed by atoms with van der Waals surface area (Å²) in [6.07, 6.45) is 3.63. The van der Waals surface area contributed by atoms with Crippen LogP contribution in [-0.4, -0.2) is 10.2 Å². The van der Waals surface area contributed by atoms with Crippen molar-refractivity contribution in [2.75, 3.05) is 0 Å². The van der Waals surface area contributed by atoms with Crippen LogP contribution >= 0.6 is 0 Å². The smallest absolute Gasteiger partial charge is 0.0995 e. The second-order valence-electron chi connectivity index (χ2n) is 3.48. The molecule has 2 rings (SSSR count). The van der Waals surface area contributed by atoms with E-state index in [1.54, 1.807) is 6.20 Å². The standard InChI is InChI=1S/C12H12N4/c13-5-11-3-1-2-4-12(11)9-14-6-10-7-15-16-8-10/h1-4,7-8,14H,6,9H2,(H,15,16). The van der Waals surface area contributed by atoms with Crippen molar-refractivity contribution in [3.8, 4) is 6.07 Å². The molecule has 0 atom stereocenters. The number of nitrogens with one attached hydrogen (secondary N) is 2. The number of rotatable bonds is 4. The van der Waals surface area contributed by atoms with E-state index in [4.69, 9.17) is 5.26 Å². The van der Waals surface area contributed by atoms with Gasteiger partial charge in [0.15, 0.2) is 0 Å². The second kappa shape index (κ2) is 5.10.